The Morgan fingerprint density at radius 3 is 2.54 bits per heavy atom. The summed E-state index contributed by atoms with van der Waals surface area (Å²) < 4.78 is 48.3. The van der Waals surface area contributed by atoms with Crippen molar-refractivity contribution >= 4 is 15.9 Å². The molecule has 6 nitrogen and oxygen atoms in total. The smallest absolute Gasteiger partial charge is 0.313 e. The van der Waals surface area contributed by atoms with Crippen molar-refractivity contribution in [3.8, 4) is 0 Å². The van der Waals surface area contributed by atoms with Crippen LogP contribution in [-0.2, 0) is 29.6 Å². The molecule has 1 aliphatic rings. The zero-order valence-corrected chi connectivity index (χ0v) is 14.6. The fraction of sp³-hybridized carbons (Fsp3) is 0.167. The summed E-state index contributed by atoms with van der Waals surface area (Å²) in [5.41, 5.74) is 6.74. The molecule has 0 saturated carbocycles. The number of Topliss-reactive ketones (excluding diaryl/α,β-unsaturated/α-hetero) is 1. The monoisotopic (exact) mass is 377 g/mol. The minimum Gasteiger partial charge on any atom is -0.460 e. The lowest BCUT2D eigenvalue weighted by Crippen LogP contribution is -2.16. The minimum atomic E-state index is -4.12. The average Bonchev–Trinajstić information content (AvgIpc) is 2.85. The summed E-state index contributed by atoms with van der Waals surface area (Å²) in [6.07, 6.45) is -1.24. The Kier molecular flexibility index (Phi) is 4.69. The molecule has 0 aliphatic carbocycles. The largest absolute Gasteiger partial charge is 0.460 e. The number of carbonyl (C=O) groups excluding carboxylic acids is 1. The lowest BCUT2D eigenvalue weighted by Gasteiger charge is -2.10. The third-order valence-electron chi connectivity index (χ3n) is 3.83. The Morgan fingerprint density at radius 2 is 1.88 bits per heavy atom. The van der Waals surface area contributed by atoms with E-state index in [-0.39, 0.29) is 5.56 Å². The number of ether oxygens (including phenoxy) is 1. The van der Waals surface area contributed by atoms with Gasteiger partial charge >= 0.3 is 10.1 Å². The molecule has 3 rings (SSSR count). The van der Waals surface area contributed by atoms with Crippen molar-refractivity contribution in [1.82, 2.24) is 0 Å². The Morgan fingerprint density at radius 1 is 1.19 bits per heavy atom. The minimum absolute atomic E-state index is 0.222. The van der Waals surface area contributed by atoms with Crippen LogP contribution in [0.2, 0.25) is 0 Å². The van der Waals surface area contributed by atoms with E-state index >= 15 is 0 Å². The van der Waals surface area contributed by atoms with Gasteiger partial charge in [0.05, 0.1) is 0 Å². The molecule has 0 bridgehead atoms. The summed E-state index contributed by atoms with van der Waals surface area (Å²) in [7, 11) is -4.12. The molecule has 2 N–H and O–H groups in total. The molecule has 0 fully saturated rings. The van der Waals surface area contributed by atoms with E-state index in [9.17, 15) is 17.6 Å². The molecule has 0 amide bonds. The van der Waals surface area contributed by atoms with Crippen molar-refractivity contribution in [2.75, 3.05) is 0 Å². The van der Waals surface area contributed by atoms with Gasteiger partial charge in [-0.15, -0.1) is 0 Å². The Balaban J connectivity index is 1.79. The average molecular weight is 377 g/mol. The first kappa shape index (κ1) is 17.9. The topological polar surface area (TPSA) is 95.7 Å². The molecule has 136 valence electrons. The van der Waals surface area contributed by atoms with Gasteiger partial charge in [0.15, 0.2) is 6.10 Å². The number of hydrogen-bond donors (Lipinski definition) is 1. The first-order valence-corrected chi connectivity index (χ1v) is 9.27. The molecule has 1 unspecified atom stereocenters. The summed E-state index contributed by atoms with van der Waals surface area (Å²) in [5.74, 6) is -2.75. The van der Waals surface area contributed by atoms with Crippen molar-refractivity contribution < 1.29 is 26.5 Å². The third kappa shape index (κ3) is 3.70. The van der Waals surface area contributed by atoms with Gasteiger partial charge in [-0.05, 0) is 24.1 Å². The number of nitrogens with two attached hydrogens (primary N) is 1. The first-order chi connectivity index (χ1) is 12.3. The lowest BCUT2D eigenvalue weighted by atomic mass is 10.0. The number of benzene rings is 2. The van der Waals surface area contributed by atoms with Crippen molar-refractivity contribution in [2.24, 2.45) is 5.73 Å². The van der Waals surface area contributed by atoms with Crippen LogP contribution in [0.3, 0.4) is 0 Å². The van der Waals surface area contributed by atoms with Gasteiger partial charge in [0.25, 0.3) is 0 Å². The van der Waals surface area contributed by atoms with Crippen LogP contribution >= 0.6 is 0 Å². The normalized spacial score (nSPS) is 17.3. The first-order valence-electron chi connectivity index (χ1n) is 7.69. The number of rotatable bonds is 5. The number of aryl methyl sites for hydroxylation is 1. The van der Waals surface area contributed by atoms with Gasteiger partial charge in [-0.2, -0.15) is 8.42 Å². The molecule has 0 radical (unpaired) electrons. The highest BCUT2D eigenvalue weighted by molar-refractivity contribution is 7.86. The van der Waals surface area contributed by atoms with Gasteiger partial charge < -0.3 is 14.7 Å². The quantitative estimate of drug-likeness (QED) is 0.804. The third-order valence-corrected chi connectivity index (χ3v) is 4.93. The SMILES string of the molecule is Cc1ccc(C2OC(N)=C(OS(=O)(=O)Cc3ccccc3)C2=O)cc1F. The van der Waals surface area contributed by atoms with Gasteiger partial charge in [-0.1, -0.05) is 42.5 Å². The van der Waals surface area contributed by atoms with E-state index in [0.717, 1.165) is 6.07 Å². The van der Waals surface area contributed by atoms with Gasteiger partial charge in [0.1, 0.15) is 11.6 Å². The summed E-state index contributed by atoms with van der Waals surface area (Å²) in [6, 6.07) is 12.5. The van der Waals surface area contributed by atoms with Crippen molar-refractivity contribution in [3.63, 3.8) is 0 Å². The maximum absolute atomic E-state index is 13.7. The van der Waals surface area contributed by atoms with E-state index in [4.69, 9.17) is 14.7 Å². The molecule has 0 spiro atoms. The fourth-order valence-corrected chi connectivity index (χ4v) is 3.56. The highest BCUT2D eigenvalue weighted by atomic mass is 32.2. The number of carbonyl (C=O) groups is 1. The van der Waals surface area contributed by atoms with Crippen LogP contribution in [0.15, 0.2) is 60.2 Å². The number of ketones is 1. The van der Waals surface area contributed by atoms with E-state index < -0.39 is 45.2 Å². The van der Waals surface area contributed by atoms with E-state index in [2.05, 4.69) is 0 Å². The summed E-state index contributed by atoms with van der Waals surface area (Å²) in [5, 5.41) is 0. The molecular weight excluding hydrogens is 361 g/mol. The van der Waals surface area contributed by atoms with Crippen LogP contribution in [0.1, 0.15) is 22.8 Å². The van der Waals surface area contributed by atoms with Crippen molar-refractivity contribution in [3.05, 3.63) is 82.7 Å². The Hall–Kier alpha value is -2.87. The second-order valence-corrected chi connectivity index (χ2v) is 7.41. The number of hydrogen-bond acceptors (Lipinski definition) is 6. The highest BCUT2D eigenvalue weighted by Crippen LogP contribution is 2.33. The fourth-order valence-electron chi connectivity index (χ4n) is 2.48. The van der Waals surface area contributed by atoms with E-state index in [1.54, 1.807) is 37.3 Å². The maximum Gasteiger partial charge on any atom is 0.313 e. The molecule has 0 saturated heterocycles. The molecule has 2 aromatic carbocycles. The lowest BCUT2D eigenvalue weighted by molar-refractivity contribution is -0.123. The van der Waals surface area contributed by atoms with Gasteiger partial charge in [-0.25, -0.2) is 4.39 Å². The van der Waals surface area contributed by atoms with Crippen LogP contribution in [0.5, 0.6) is 0 Å². The van der Waals surface area contributed by atoms with Crippen LogP contribution in [-0.4, -0.2) is 14.2 Å². The van der Waals surface area contributed by atoms with Crippen LogP contribution in [0.25, 0.3) is 0 Å². The van der Waals surface area contributed by atoms with Gasteiger partial charge in [0, 0.05) is 5.56 Å². The highest BCUT2D eigenvalue weighted by Gasteiger charge is 2.39. The molecule has 0 aromatic heterocycles. The maximum atomic E-state index is 13.7. The standard InChI is InChI=1S/C18H16FNO5S/c1-11-7-8-13(9-14(11)19)16-15(21)17(18(20)24-16)25-26(22,23)10-12-5-3-2-4-6-12/h2-9,16H,10,20H2,1H3. The molecule has 26 heavy (non-hydrogen) atoms. The molecule has 8 heteroatoms. The zero-order valence-electron chi connectivity index (χ0n) is 13.8. The van der Waals surface area contributed by atoms with E-state index in [1.807, 2.05) is 0 Å². The van der Waals surface area contributed by atoms with Gasteiger partial charge in [0.2, 0.25) is 17.4 Å². The van der Waals surface area contributed by atoms with Crippen LogP contribution in [0, 0.1) is 12.7 Å². The predicted molar refractivity (Wildman–Crippen MR) is 91.3 cm³/mol. The van der Waals surface area contributed by atoms with Crippen LogP contribution in [0.4, 0.5) is 4.39 Å². The van der Waals surface area contributed by atoms with E-state index in [0.29, 0.717) is 11.1 Å². The molecule has 1 atom stereocenters. The second-order valence-electron chi connectivity index (χ2n) is 5.84. The summed E-state index contributed by atoms with van der Waals surface area (Å²) in [6.45, 7) is 1.58. The Labute approximate surface area is 150 Å². The molecule has 1 heterocycles. The molecule has 1 aliphatic heterocycles. The molecular formula is C18H16FNO5S. The predicted octanol–water partition coefficient (Wildman–Crippen LogP) is 2.45. The molecule has 2 aromatic rings. The zero-order chi connectivity index (χ0) is 18.9. The second kappa shape index (κ2) is 6.80. The van der Waals surface area contributed by atoms with Crippen molar-refractivity contribution in [2.45, 2.75) is 18.8 Å². The van der Waals surface area contributed by atoms with Crippen molar-refractivity contribution in [1.29, 1.82) is 0 Å². The summed E-state index contributed by atoms with van der Waals surface area (Å²) >= 11 is 0. The Bertz CT molecular complexity index is 986. The van der Waals surface area contributed by atoms with Gasteiger partial charge in [-0.3, -0.25) is 4.79 Å². The van der Waals surface area contributed by atoms with Crippen LogP contribution < -0.4 is 5.73 Å². The number of halogens is 1. The van der Waals surface area contributed by atoms with E-state index in [1.165, 1.54) is 12.1 Å². The summed E-state index contributed by atoms with van der Waals surface area (Å²) in [4.78, 5) is 12.5.